The second-order valence-electron chi connectivity index (χ2n) is 15.5. The Hall–Kier alpha value is -5.92. The number of likely N-dealkylation sites (N-methyl/N-ethyl adjacent to an activating group) is 2. The molecule has 6 nitrogen and oxygen atoms in total. The number of benzene rings is 7. The lowest BCUT2D eigenvalue weighted by Gasteiger charge is -2.26. The van der Waals surface area contributed by atoms with Gasteiger partial charge in [-0.15, -0.1) is 0 Å². The van der Waals surface area contributed by atoms with Gasteiger partial charge in [-0.05, 0) is 27.6 Å². The predicted octanol–water partition coefficient (Wildman–Crippen LogP) is 9.55. The van der Waals surface area contributed by atoms with Gasteiger partial charge >= 0.3 is 0 Å². The summed E-state index contributed by atoms with van der Waals surface area (Å²) in [6.45, 7) is 2.61. The minimum absolute atomic E-state index is 0.503. The number of rotatable bonds is 10. The Kier molecular flexibility index (Phi) is 9.07. The Morgan fingerprint density at radius 2 is 0.731 bits per heavy atom. The zero-order valence-corrected chi connectivity index (χ0v) is 30.8. The molecule has 0 aromatic heterocycles. The van der Waals surface area contributed by atoms with Crippen LogP contribution >= 0.6 is 0 Å². The van der Waals surface area contributed by atoms with Gasteiger partial charge in [0.2, 0.25) is 0 Å². The van der Waals surface area contributed by atoms with E-state index in [2.05, 4.69) is 90.8 Å². The van der Waals surface area contributed by atoms with Crippen molar-refractivity contribution in [3.05, 3.63) is 120 Å². The normalized spacial score (nSPS) is 11.9. The van der Waals surface area contributed by atoms with Crippen molar-refractivity contribution in [3.8, 4) is 45.9 Å². The molecule has 6 heteroatoms. The van der Waals surface area contributed by atoms with Crippen molar-refractivity contribution in [2.75, 3.05) is 68.6 Å². The largest absolute Gasteiger partial charge is 0.487 e. The van der Waals surface area contributed by atoms with E-state index in [4.69, 9.17) is 9.47 Å². The Labute approximate surface area is 306 Å². The number of nitriles is 2. The number of hydrogen-bond donors (Lipinski definition) is 0. The van der Waals surface area contributed by atoms with Crippen LogP contribution in [-0.4, -0.2) is 77.6 Å². The van der Waals surface area contributed by atoms with Gasteiger partial charge in [0.1, 0.15) is 49.9 Å². The maximum atomic E-state index is 10.4. The maximum absolute atomic E-state index is 10.4. The lowest BCUT2D eigenvalue weighted by atomic mass is 9.85. The Morgan fingerprint density at radius 3 is 1.00 bits per heavy atom. The monoisotopic (exact) mass is 684 g/mol. The van der Waals surface area contributed by atoms with Crippen molar-refractivity contribution in [1.82, 2.24) is 0 Å². The van der Waals surface area contributed by atoms with Gasteiger partial charge in [0, 0.05) is 49.9 Å². The maximum Gasteiger partial charge on any atom is 0.137 e. The zero-order valence-electron chi connectivity index (χ0n) is 30.8. The van der Waals surface area contributed by atoms with Gasteiger partial charge in [-0.2, -0.15) is 10.5 Å². The van der Waals surface area contributed by atoms with Gasteiger partial charge in [-0.25, -0.2) is 0 Å². The molecule has 7 aromatic rings. The molecule has 0 saturated heterocycles. The molecular formula is C46H44N4O2+2. The first-order valence-electron chi connectivity index (χ1n) is 17.7. The van der Waals surface area contributed by atoms with Crippen LogP contribution in [0.4, 0.5) is 0 Å². The highest BCUT2D eigenvalue weighted by Gasteiger charge is 2.25. The SMILES string of the molecule is C[N+](C)(C)CCOc1cc(OCC[N+](C)(C)C)c(-c2c3ccccc3c(C#N)c3ccccc23)cc1-c1c2ccccc2c(C#N)c2ccccc12. The van der Waals surface area contributed by atoms with E-state index in [1.165, 1.54) is 0 Å². The highest BCUT2D eigenvalue weighted by Crippen LogP contribution is 2.49. The van der Waals surface area contributed by atoms with Gasteiger partial charge in [0.15, 0.2) is 0 Å². The van der Waals surface area contributed by atoms with E-state index < -0.39 is 0 Å². The quantitative estimate of drug-likeness (QED) is 0.106. The predicted molar refractivity (Wildman–Crippen MR) is 214 cm³/mol. The third kappa shape index (κ3) is 6.51. The molecule has 258 valence electrons. The number of hydrogen-bond acceptors (Lipinski definition) is 4. The third-order valence-corrected chi connectivity index (χ3v) is 9.75. The molecule has 0 N–H and O–H groups in total. The van der Waals surface area contributed by atoms with Crippen LogP contribution in [0.15, 0.2) is 109 Å². The molecule has 0 aliphatic rings. The number of nitrogens with zero attached hydrogens (tertiary/aromatic N) is 4. The molecule has 0 heterocycles. The van der Waals surface area contributed by atoms with Gasteiger partial charge in [-0.1, -0.05) is 97.1 Å². The van der Waals surface area contributed by atoms with Gasteiger partial charge in [-0.3, -0.25) is 0 Å². The van der Waals surface area contributed by atoms with Crippen molar-refractivity contribution in [1.29, 1.82) is 10.5 Å². The first kappa shape index (κ1) is 34.5. The van der Waals surface area contributed by atoms with Crippen molar-refractivity contribution in [2.24, 2.45) is 0 Å². The molecule has 7 rings (SSSR count). The summed E-state index contributed by atoms with van der Waals surface area (Å²) in [7, 11) is 13.0. The van der Waals surface area contributed by atoms with Crippen LogP contribution in [0, 0.1) is 22.7 Å². The lowest BCUT2D eigenvalue weighted by molar-refractivity contribution is -0.870. The van der Waals surface area contributed by atoms with Crippen LogP contribution in [0.5, 0.6) is 11.5 Å². The minimum Gasteiger partial charge on any atom is -0.487 e. The summed E-state index contributed by atoms with van der Waals surface area (Å²) >= 11 is 0. The fraction of sp³-hybridized carbons (Fsp3) is 0.217. The highest BCUT2D eigenvalue weighted by molar-refractivity contribution is 6.20. The van der Waals surface area contributed by atoms with E-state index in [-0.39, 0.29) is 0 Å². The highest BCUT2D eigenvalue weighted by atomic mass is 16.5. The fourth-order valence-electron chi connectivity index (χ4n) is 7.13. The fourth-order valence-corrected chi connectivity index (χ4v) is 7.13. The first-order valence-corrected chi connectivity index (χ1v) is 17.7. The van der Waals surface area contributed by atoms with E-state index in [0.29, 0.717) is 24.3 Å². The van der Waals surface area contributed by atoms with E-state index in [1.807, 2.05) is 72.8 Å². The number of ether oxygens (including phenoxy) is 2. The first-order chi connectivity index (χ1) is 25.0. The van der Waals surface area contributed by atoms with Crippen molar-refractivity contribution < 1.29 is 18.4 Å². The van der Waals surface area contributed by atoms with Crippen LogP contribution in [0.2, 0.25) is 0 Å². The summed E-state index contributed by atoms with van der Waals surface area (Å²) < 4.78 is 15.1. The lowest BCUT2D eigenvalue weighted by Crippen LogP contribution is -2.38. The third-order valence-electron chi connectivity index (χ3n) is 9.75. The molecule has 0 aliphatic heterocycles. The van der Waals surface area contributed by atoms with Crippen LogP contribution in [-0.2, 0) is 0 Å². The molecular weight excluding hydrogens is 641 g/mol. The summed E-state index contributed by atoms with van der Waals surface area (Å²) in [5, 5.41) is 28.4. The van der Waals surface area contributed by atoms with Crippen molar-refractivity contribution >= 4 is 43.1 Å². The van der Waals surface area contributed by atoms with Crippen LogP contribution in [0.1, 0.15) is 11.1 Å². The topological polar surface area (TPSA) is 66.0 Å². The van der Waals surface area contributed by atoms with Gasteiger partial charge in [0.25, 0.3) is 0 Å². The molecule has 0 unspecified atom stereocenters. The molecule has 0 atom stereocenters. The Bertz CT molecular complexity index is 2290. The van der Waals surface area contributed by atoms with Crippen molar-refractivity contribution in [3.63, 3.8) is 0 Å². The van der Waals surface area contributed by atoms with Crippen LogP contribution in [0.3, 0.4) is 0 Å². The summed E-state index contributed by atoms with van der Waals surface area (Å²) in [5.74, 6) is 1.44. The summed E-state index contributed by atoms with van der Waals surface area (Å²) in [5.41, 5.74) is 5.17. The molecule has 0 amide bonds. The molecule has 0 saturated carbocycles. The molecule has 0 bridgehead atoms. The average molecular weight is 685 g/mol. The standard InChI is InChI=1S/C46H44N4O2/c1-49(2,3)23-25-51-43-28-44(52-26-24-50(4,5)6)40(46-37-21-13-9-17-33(37)42(30-48)34-18-10-14-22-38(34)46)27-39(43)45-35-19-11-7-15-31(35)41(29-47)32-16-8-12-20-36(32)45/h7-22,27-28H,23-26H2,1-6H3/q+2. The number of quaternary nitrogens is 2. The molecule has 7 aromatic carbocycles. The molecule has 0 radical (unpaired) electrons. The summed E-state index contributed by atoms with van der Waals surface area (Å²) in [4.78, 5) is 0. The Morgan fingerprint density at radius 1 is 0.442 bits per heavy atom. The molecule has 52 heavy (non-hydrogen) atoms. The number of fused-ring (bicyclic) bond motifs is 4. The molecule has 0 fully saturated rings. The second kappa shape index (κ2) is 13.7. The summed E-state index contributed by atoms with van der Waals surface area (Å²) in [6, 6.07) is 42.0. The minimum atomic E-state index is 0.503. The summed E-state index contributed by atoms with van der Waals surface area (Å²) in [6.07, 6.45) is 0. The van der Waals surface area contributed by atoms with E-state index in [9.17, 15) is 10.5 Å². The van der Waals surface area contributed by atoms with Crippen molar-refractivity contribution in [2.45, 2.75) is 0 Å². The van der Waals surface area contributed by atoms with E-state index in [0.717, 1.165) is 98.9 Å². The van der Waals surface area contributed by atoms with Gasteiger partial charge < -0.3 is 18.4 Å². The van der Waals surface area contributed by atoms with E-state index in [1.54, 1.807) is 0 Å². The van der Waals surface area contributed by atoms with E-state index >= 15 is 0 Å². The molecule has 0 aliphatic carbocycles. The molecule has 0 spiro atoms. The van der Waals surface area contributed by atoms with Gasteiger partial charge in [0.05, 0.1) is 53.4 Å². The second-order valence-corrected chi connectivity index (χ2v) is 15.5. The smallest absolute Gasteiger partial charge is 0.137 e. The van der Waals surface area contributed by atoms with Crippen LogP contribution in [0.25, 0.3) is 65.3 Å². The zero-order chi connectivity index (χ0) is 36.6. The van der Waals surface area contributed by atoms with Crippen LogP contribution < -0.4 is 9.47 Å². The average Bonchev–Trinajstić information content (AvgIpc) is 3.12. The Balaban J connectivity index is 1.62.